The van der Waals surface area contributed by atoms with Gasteiger partial charge in [-0.2, -0.15) is 0 Å². The molecule has 3 nitrogen and oxygen atoms in total. The number of hydrogen-bond donors (Lipinski definition) is 2. The molecule has 110 valence electrons. The summed E-state index contributed by atoms with van der Waals surface area (Å²) >= 11 is 6.83. The average Bonchev–Trinajstić information content (AvgIpc) is 2.41. The van der Waals surface area contributed by atoms with Crippen molar-refractivity contribution in [1.29, 1.82) is 0 Å². The van der Waals surface area contributed by atoms with E-state index in [9.17, 15) is 13.6 Å². The molecule has 0 bridgehead atoms. The second-order valence-corrected chi connectivity index (χ2v) is 5.58. The van der Waals surface area contributed by atoms with Crippen LogP contribution in [0.15, 0.2) is 41.3 Å². The molecule has 3 N–H and O–H groups in total. The third-order valence-corrected chi connectivity index (χ3v) is 3.88. The fourth-order valence-corrected chi connectivity index (χ4v) is 2.49. The van der Waals surface area contributed by atoms with Crippen molar-refractivity contribution in [3.63, 3.8) is 0 Å². The topological polar surface area (TPSA) is 55.1 Å². The highest BCUT2D eigenvalue weighted by molar-refractivity contribution is 8.00. The number of hydrogen-bond acceptors (Lipinski definition) is 3. The summed E-state index contributed by atoms with van der Waals surface area (Å²) in [4.78, 5) is 12.1. The fourth-order valence-electron chi connectivity index (χ4n) is 1.55. The van der Waals surface area contributed by atoms with E-state index in [2.05, 4.69) is 5.32 Å². The second-order valence-electron chi connectivity index (χ2n) is 4.15. The highest BCUT2D eigenvalue weighted by atomic mass is 35.5. The lowest BCUT2D eigenvalue weighted by atomic mass is 10.3. The molecule has 2 aromatic carbocycles. The van der Waals surface area contributed by atoms with Gasteiger partial charge in [-0.15, -0.1) is 11.8 Å². The number of benzene rings is 2. The van der Waals surface area contributed by atoms with Crippen LogP contribution in [0.2, 0.25) is 5.02 Å². The van der Waals surface area contributed by atoms with E-state index >= 15 is 0 Å². The predicted octanol–water partition coefficient (Wildman–Crippen LogP) is 3.93. The summed E-state index contributed by atoms with van der Waals surface area (Å²) in [5, 5.41) is 2.64. The SMILES string of the molecule is Nc1ccc(SCC(=O)Nc2ccc(F)cc2Cl)c(F)c1. The van der Waals surface area contributed by atoms with Crippen molar-refractivity contribution in [3.8, 4) is 0 Å². The average molecular weight is 329 g/mol. The van der Waals surface area contributed by atoms with Crippen molar-refractivity contribution in [2.24, 2.45) is 0 Å². The van der Waals surface area contributed by atoms with Crippen LogP contribution in [0, 0.1) is 11.6 Å². The molecule has 1 amide bonds. The Balaban J connectivity index is 1.96. The third-order valence-electron chi connectivity index (χ3n) is 2.52. The van der Waals surface area contributed by atoms with Gasteiger partial charge in [-0.1, -0.05) is 11.6 Å². The van der Waals surface area contributed by atoms with Crippen molar-refractivity contribution >= 4 is 40.6 Å². The van der Waals surface area contributed by atoms with E-state index in [1.165, 1.54) is 24.3 Å². The maximum atomic E-state index is 13.5. The van der Waals surface area contributed by atoms with Crippen LogP contribution >= 0.6 is 23.4 Å². The quantitative estimate of drug-likeness (QED) is 0.660. The molecule has 0 aliphatic carbocycles. The first-order chi connectivity index (χ1) is 9.95. The van der Waals surface area contributed by atoms with Crippen molar-refractivity contribution in [1.82, 2.24) is 0 Å². The minimum atomic E-state index is -0.490. The Kier molecular flexibility index (Phi) is 5.03. The molecule has 0 atom stereocenters. The first-order valence-electron chi connectivity index (χ1n) is 5.88. The molecule has 7 heteroatoms. The first kappa shape index (κ1) is 15.6. The number of nitrogen functional groups attached to an aromatic ring is 1. The van der Waals surface area contributed by atoms with E-state index in [1.807, 2.05) is 0 Å². The van der Waals surface area contributed by atoms with Gasteiger partial charge in [0.2, 0.25) is 5.91 Å². The summed E-state index contributed by atoms with van der Waals surface area (Å²) in [5.74, 6) is -1.34. The first-order valence-corrected chi connectivity index (χ1v) is 7.25. The zero-order valence-electron chi connectivity index (χ0n) is 10.7. The standard InChI is InChI=1S/C14H11ClF2N2OS/c15-10-5-8(16)1-3-12(10)19-14(20)7-21-13-4-2-9(18)6-11(13)17/h1-6H,7,18H2,(H,19,20). The molecule has 0 radical (unpaired) electrons. The zero-order valence-corrected chi connectivity index (χ0v) is 12.3. The third kappa shape index (κ3) is 4.34. The van der Waals surface area contributed by atoms with Crippen LogP contribution in [0.5, 0.6) is 0 Å². The van der Waals surface area contributed by atoms with Crippen molar-refractivity contribution in [3.05, 3.63) is 53.1 Å². The van der Waals surface area contributed by atoms with Crippen LogP contribution in [0.3, 0.4) is 0 Å². The second kappa shape index (κ2) is 6.78. The van der Waals surface area contributed by atoms with Crippen LogP contribution in [0.1, 0.15) is 0 Å². The van der Waals surface area contributed by atoms with Crippen LogP contribution in [0.4, 0.5) is 20.2 Å². The molecule has 0 aliphatic rings. The number of carbonyl (C=O) groups is 1. The molecule has 0 saturated heterocycles. The van der Waals surface area contributed by atoms with Gasteiger partial charge in [0.05, 0.1) is 16.5 Å². The van der Waals surface area contributed by atoms with Gasteiger partial charge in [-0.3, -0.25) is 4.79 Å². The maximum absolute atomic E-state index is 13.5. The largest absolute Gasteiger partial charge is 0.399 e. The molecule has 0 unspecified atom stereocenters. The smallest absolute Gasteiger partial charge is 0.234 e. The predicted molar refractivity (Wildman–Crippen MR) is 81.6 cm³/mol. The molecule has 0 saturated carbocycles. The van der Waals surface area contributed by atoms with Crippen LogP contribution in [-0.2, 0) is 4.79 Å². The molecular weight excluding hydrogens is 318 g/mol. The molecule has 21 heavy (non-hydrogen) atoms. The number of nitrogens with two attached hydrogens (primary N) is 1. The summed E-state index contributed by atoms with van der Waals surface area (Å²) in [6, 6.07) is 7.91. The lowest BCUT2D eigenvalue weighted by molar-refractivity contribution is -0.113. The molecule has 0 fully saturated rings. The minimum Gasteiger partial charge on any atom is -0.399 e. The number of carbonyl (C=O) groups excluding carboxylic acids is 1. The molecule has 2 aromatic rings. The van der Waals surface area contributed by atoms with Gasteiger partial charge in [0, 0.05) is 10.6 Å². The van der Waals surface area contributed by atoms with Crippen molar-refractivity contribution < 1.29 is 13.6 Å². The number of anilines is 2. The van der Waals surface area contributed by atoms with E-state index in [4.69, 9.17) is 17.3 Å². The van der Waals surface area contributed by atoms with Crippen molar-refractivity contribution in [2.45, 2.75) is 4.90 Å². The van der Waals surface area contributed by atoms with Crippen molar-refractivity contribution in [2.75, 3.05) is 16.8 Å². The summed E-state index contributed by atoms with van der Waals surface area (Å²) < 4.78 is 26.4. The Hall–Kier alpha value is -1.79. The Morgan fingerprint density at radius 3 is 2.67 bits per heavy atom. The van der Waals surface area contributed by atoms with Crippen LogP contribution in [0.25, 0.3) is 0 Å². The Bertz CT molecular complexity index is 682. The Morgan fingerprint density at radius 2 is 2.00 bits per heavy atom. The minimum absolute atomic E-state index is 0.00541. The van der Waals surface area contributed by atoms with Gasteiger partial charge in [0.1, 0.15) is 11.6 Å². The highest BCUT2D eigenvalue weighted by Crippen LogP contribution is 2.25. The van der Waals surface area contributed by atoms with E-state index in [0.29, 0.717) is 16.3 Å². The fraction of sp³-hybridized carbons (Fsp3) is 0.0714. The monoisotopic (exact) mass is 328 g/mol. The van der Waals surface area contributed by atoms with Gasteiger partial charge in [-0.05, 0) is 36.4 Å². The lowest BCUT2D eigenvalue weighted by Gasteiger charge is -2.07. The summed E-state index contributed by atoms with van der Waals surface area (Å²) in [6.07, 6.45) is 0. The van der Waals surface area contributed by atoms with E-state index in [-0.39, 0.29) is 16.7 Å². The summed E-state index contributed by atoms with van der Waals surface area (Å²) in [6.45, 7) is 0. The number of thioether (sulfide) groups is 1. The highest BCUT2D eigenvalue weighted by Gasteiger charge is 2.09. The number of halogens is 3. The van der Waals surface area contributed by atoms with Gasteiger partial charge in [0.15, 0.2) is 0 Å². The number of nitrogens with one attached hydrogen (secondary N) is 1. The molecule has 2 rings (SSSR count). The van der Waals surface area contributed by atoms with E-state index in [1.54, 1.807) is 6.07 Å². The molecule has 0 aliphatic heterocycles. The van der Waals surface area contributed by atoms with Crippen LogP contribution < -0.4 is 11.1 Å². The molecule has 0 heterocycles. The summed E-state index contributed by atoms with van der Waals surface area (Å²) in [5.41, 5.74) is 6.07. The Morgan fingerprint density at radius 1 is 1.24 bits per heavy atom. The lowest BCUT2D eigenvalue weighted by Crippen LogP contribution is -2.14. The molecule has 0 aromatic heterocycles. The number of amides is 1. The number of rotatable bonds is 4. The summed E-state index contributed by atoms with van der Waals surface area (Å²) in [7, 11) is 0. The van der Waals surface area contributed by atoms with Gasteiger partial charge in [-0.25, -0.2) is 8.78 Å². The molecule has 0 spiro atoms. The van der Waals surface area contributed by atoms with Crippen LogP contribution in [-0.4, -0.2) is 11.7 Å². The van der Waals surface area contributed by atoms with E-state index in [0.717, 1.165) is 17.8 Å². The molecular formula is C14H11ClF2N2OS. The Labute approximate surface area is 129 Å². The van der Waals surface area contributed by atoms with Gasteiger partial charge < -0.3 is 11.1 Å². The van der Waals surface area contributed by atoms with Gasteiger partial charge in [0.25, 0.3) is 0 Å². The maximum Gasteiger partial charge on any atom is 0.234 e. The van der Waals surface area contributed by atoms with Gasteiger partial charge >= 0.3 is 0 Å². The van der Waals surface area contributed by atoms with E-state index < -0.39 is 11.6 Å². The zero-order chi connectivity index (χ0) is 15.4. The normalized spacial score (nSPS) is 10.4.